The average Bonchev–Trinajstić information content (AvgIpc) is 2.34. The highest BCUT2D eigenvalue weighted by molar-refractivity contribution is 7.99. The van der Waals surface area contributed by atoms with E-state index in [1.807, 2.05) is 0 Å². The fraction of sp³-hybridized carbons (Fsp3) is 1.00. The Morgan fingerprint density at radius 3 is 2.62 bits per heavy atom. The van der Waals surface area contributed by atoms with Crippen LogP contribution in [-0.4, -0.2) is 43.1 Å². The monoisotopic (exact) mass is 224 g/mol. The zero-order chi connectivity index (χ0) is 9.90. The Kier molecular flexibility index (Phi) is 4.06. The molecular formula is C8H16O3S2. The summed E-state index contributed by atoms with van der Waals surface area (Å²) in [5.74, 6) is 2.35. The van der Waals surface area contributed by atoms with Gasteiger partial charge in [-0.1, -0.05) is 0 Å². The number of thioether (sulfide) groups is 1. The van der Waals surface area contributed by atoms with E-state index < -0.39 is 9.84 Å². The molecule has 0 aromatic rings. The van der Waals surface area contributed by atoms with Gasteiger partial charge in [-0.15, -0.1) is 0 Å². The van der Waals surface area contributed by atoms with Gasteiger partial charge in [-0.3, -0.25) is 0 Å². The van der Waals surface area contributed by atoms with Crippen LogP contribution in [0.5, 0.6) is 0 Å². The minimum atomic E-state index is -2.82. The standard InChI is InChI=1S/C8H16O3S2/c1-13(10,11)4-2-3-7-5-12-6-8(7)9/h7-9H,2-6H2,1H3. The van der Waals surface area contributed by atoms with Gasteiger partial charge in [-0.25, -0.2) is 8.42 Å². The average molecular weight is 224 g/mol. The maximum Gasteiger partial charge on any atom is 0.147 e. The molecule has 1 rings (SSSR count). The van der Waals surface area contributed by atoms with Gasteiger partial charge in [0.25, 0.3) is 0 Å². The highest BCUT2D eigenvalue weighted by Crippen LogP contribution is 2.27. The lowest BCUT2D eigenvalue weighted by atomic mass is 10.0. The number of aliphatic hydroxyl groups excluding tert-OH is 1. The Hall–Kier alpha value is 0.260. The first-order valence-electron chi connectivity index (χ1n) is 4.42. The zero-order valence-corrected chi connectivity index (χ0v) is 9.40. The van der Waals surface area contributed by atoms with Crippen molar-refractivity contribution in [3.8, 4) is 0 Å². The van der Waals surface area contributed by atoms with Gasteiger partial charge in [0.15, 0.2) is 0 Å². The maximum atomic E-state index is 10.8. The lowest BCUT2D eigenvalue weighted by Gasteiger charge is -2.11. The van der Waals surface area contributed by atoms with Gasteiger partial charge in [0.1, 0.15) is 9.84 Å². The molecule has 0 spiro atoms. The Morgan fingerprint density at radius 1 is 1.46 bits per heavy atom. The molecule has 1 saturated heterocycles. The van der Waals surface area contributed by atoms with E-state index in [1.54, 1.807) is 11.8 Å². The summed E-state index contributed by atoms with van der Waals surface area (Å²) >= 11 is 1.75. The first-order chi connectivity index (χ1) is 5.99. The number of rotatable bonds is 4. The van der Waals surface area contributed by atoms with Crippen LogP contribution in [0.25, 0.3) is 0 Å². The summed E-state index contributed by atoms with van der Waals surface area (Å²) in [6.45, 7) is 0. The Balaban J connectivity index is 2.19. The number of hydrogen-bond acceptors (Lipinski definition) is 4. The fourth-order valence-electron chi connectivity index (χ4n) is 1.47. The predicted octanol–water partition coefficient (Wildman–Crippen LogP) is 0.535. The second-order valence-electron chi connectivity index (χ2n) is 3.64. The summed E-state index contributed by atoms with van der Waals surface area (Å²) in [7, 11) is -2.82. The molecule has 1 heterocycles. The highest BCUT2D eigenvalue weighted by atomic mass is 32.2. The van der Waals surface area contributed by atoms with E-state index in [9.17, 15) is 13.5 Å². The highest BCUT2D eigenvalue weighted by Gasteiger charge is 2.25. The minimum absolute atomic E-state index is 0.218. The van der Waals surface area contributed by atoms with Crippen molar-refractivity contribution in [2.75, 3.05) is 23.5 Å². The number of hydrogen-bond donors (Lipinski definition) is 1. The van der Waals surface area contributed by atoms with Crippen LogP contribution < -0.4 is 0 Å². The Bertz CT molecular complexity index is 248. The summed E-state index contributed by atoms with van der Waals surface area (Å²) in [6, 6.07) is 0. The largest absolute Gasteiger partial charge is 0.392 e. The Morgan fingerprint density at radius 2 is 2.15 bits per heavy atom. The third-order valence-corrected chi connectivity index (χ3v) is 4.53. The van der Waals surface area contributed by atoms with Crippen LogP contribution >= 0.6 is 11.8 Å². The van der Waals surface area contributed by atoms with Crippen molar-refractivity contribution in [1.82, 2.24) is 0 Å². The summed E-state index contributed by atoms with van der Waals surface area (Å²) in [4.78, 5) is 0. The summed E-state index contributed by atoms with van der Waals surface area (Å²) in [6.07, 6.45) is 2.55. The maximum absolute atomic E-state index is 10.8. The number of sulfone groups is 1. The van der Waals surface area contributed by atoms with Gasteiger partial charge >= 0.3 is 0 Å². The molecule has 0 aromatic heterocycles. The van der Waals surface area contributed by atoms with Crippen LogP contribution in [0.3, 0.4) is 0 Å². The predicted molar refractivity (Wildman–Crippen MR) is 55.8 cm³/mol. The lowest BCUT2D eigenvalue weighted by molar-refractivity contribution is 0.144. The molecule has 13 heavy (non-hydrogen) atoms. The van der Waals surface area contributed by atoms with Crippen molar-refractivity contribution in [2.24, 2.45) is 5.92 Å². The zero-order valence-electron chi connectivity index (χ0n) is 7.77. The van der Waals surface area contributed by atoms with Gasteiger partial charge in [-0.2, -0.15) is 11.8 Å². The third kappa shape index (κ3) is 4.33. The molecule has 0 saturated carbocycles. The van der Waals surface area contributed by atoms with Gasteiger partial charge in [0.05, 0.1) is 6.10 Å². The first-order valence-corrected chi connectivity index (χ1v) is 7.64. The van der Waals surface area contributed by atoms with E-state index in [0.29, 0.717) is 12.3 Å². The summed E-state index contributed by atoms with van der Waals surface area (Å²) < 4.78 is 21.6. The second-order valence-corrected chi connectivity index (χ2v) is 6.97. The van der Waals surface area contributed by atoms with Crippen molar-refractivity contribution in [1.29, 1.82) is 0 Å². The van der Waals surface area contributed by atoms with E-state index in [4.69, 9.17) is 0 Å². The van der Waals surface area contributed by atoms with Gasteiger partial charge in [0, 0.05) is 17.8 Å². The molecular weight excluding hydrogens is 208 g/mol. The topological polar surface area (TPSA) is 54.4 Å². The van der Waals surface area contributed by atoms with Crippen molar-refractivity contribution < 1.29 is 13.5 Å². The molecule has 5 heteroatoms. The first kappa shape index (κ1) is 11.3. The SMILES string of the molecule is CS(=O)(=O)CCCC1CSCC1O. The normalized spacial score (nSPS) is 29.4. The van der Waals surface area contributed by atoms with Gasteiger partial charge in [-0.05, 0) is 24.5 Å². The molecule has 3 nitrogen and oxygen atoms in total. The van der Waals surface area contributed by atoms with Crippen LogP contribution in [0, 0.1) is 5.92 Å². The lowest BCUT2D eigenvalue weighted by Crippen LogP contribution is -2.18. The molecule has 0 aliphatic carbocycles. The van der Waals surface area contributed by atoms with Crippen LogP contribution in [-0.2, 0) is 9.84 Å². The van der Waals surface area contributed by atoms with E-state index in [-0.39, 0.29) is 11.9 Å². The van der Waals surface area contributed by atoms with Crippen molar-refractivity contribution >= 4 is 21.6 Å². The van der Waals surface area contributed by atoms with E-state index >= 15 is 0 Å². The van der Waals surface area contributed by atoms with Crippen LogP contribution in [0.4, 0.5) is 0 Å². The fourth-order valence-corrected chi connectivity index (χ4v) is 3.50. The number of aliphatic hydroxyl groups is 1. The molecule has 1 aliphatic rings. The molecule has 0 aromatic carbocycles. The molecule has 2 atom stereocenters. The quantitative estimate of drug-likeness (QED) is 0.757. The summed E-state index contributed by atoms with van der Waals surface area (Å²) in [5, 5.41) is 9.45. The molecule has 78 valence electrons. The minimum Gasteiger partial charge on any atom is -0.392 e. The molecule has 0 amide bonds. The molecule has 1 aliphatic heterocycles. The van der Waals surface area contributed by atoms with Crippen molar-refractivity contribution in [3.63, 3.8) is 0 Å². The second kappa shape index (κ2) is 4.66. The van der Waals surface area contributed by atoms with Gasteiger partial charge in [0.2, 0.25) is 0 Å². The molecule has 0 bridgehead atoms. The van der Waals surface area contributed by atoms with E-state index in [1.165, 1.54) is 6.26 Å². The Labute approximate surface area is 83.8 Å². The van der Waals surface area contributed by atoms with Gasteiger partial charge < -0.3 is 5.11 Å². The molecule has 0 radical (unpaired) electrons. The molecule has 1 fully saturated rings. The summed E-state index contributed by atoms with van der Waals surface area (Å²) in [5.41, 5.74) is 0. The van der Waals surface area contributed by atoms with Crippen molar-refractivity contribution in [2.45, 2.75) is 18.9 Å². The van der Waals surface area contributed by atoms with E-state index in [0.717, 1.165) is 17.9 Å². The van der Waals surface area contributed by atoms with E-state index in [2.05, 4.69) is 0 Å². The van der Waals surface area contributed by atoms with Crippen LogP contribution in [0.15, 0.2) is 0 Å². The van der Waals surface area contributed by atoms with Crippen LogP contribution in [0.2, 0.25) is 0 Å². The molecule has 2 unspecified atom stereocenters. The van der Waals surface area contributed by atoms with Crippen molar-refractivity contribution in [3.05, 3.63) is 0 Å². The smallest absolute Gasteiger partial charge is 0.147 e. The van der Waals surface area contributed by atoms with Crippen LogP contribution in [0.1, 0.15) is 12.8 Å². The third-order valence-electron chi connectivity index (χ3n) is 2.25. The molecule has 1 N–H and O–H groups in total.